The second-order valence-electron chi connectivity index (χ2n) is 6.09. The predicted octanol–water partition coefficient (Wildman–Crippen LogP) is 2.46. The Bertz CT molecular complexity index is 743. The van der Waals surface area contributed by atoms with Gasteiger partial charge in [0.05, 0.1) is 32.1 Å². The first-order valence-corrected chi connectivity index (χ1v) is 8.75. The van der Waals surface area contributed by atoms with Gasteiger partial charge in [0.1, 0.15) is 11.5 Å². The zero-order valence-electron chi connectivity index (χ0n) is 15.3. The Labute approximate surface area is 154 Å². The number of piperazine rings is 1. The molecule has 0 spiro atoms. The van der Waals surface area contributed by atoms with Crippen molar-refractivity contribution in [3.8, 4) is 11.5 Å². The van der Waals surface area contributed by atoms with E-state index in [9.17, 15) is 4.79 Å². The summed E-state index contributed by atoms with van der Waals surface area (Å²) in [6.07, 6.45) is 0. The van der Waals surface area contributed by atoms with Gasteiger partial charge in [0.25, 0.3) is 0 Å². The van der Waals surface area contributed by atoms with Crippen LogP contribution in [0.2, 0.25) is 0 Å². The van der Waals surface area contributed by atoms with Gasteiger partial charge in [0.15, 0.2) is 0 Å². The van der Waals surface area contributed by atoms with E-state index in [0.717, 1.165) is 36.0 Å². The fourth-order valence-electron chi connectivity index (χ4n) is 3.16. The third-order valence-electron chi connectivity index (χ3n) is 4.60. The normalized spacial score (nSPS) is 14.1. The van der Waals surface area contributed by atoms with Crippen molar-refractivity contribution in [2.75, 3.05) is 57.2 Å². The standard InChI is InChI=1S/C20H25N3O3/c1-25-18-9-5-3-7-16(18)21-15-20(24)23-13-11-22(12-14-23)17-8-4-6-10-19(17)26-2/h3-10,21H,11-15H2,1-2H3. The lowest BCUT2D eigenvalue weighted by molar-refractivity contribution is -0.129. The van der Waals surface area contributed by atoms with E-state index >= 15 is 0 Å². The van der Waals surface area contributed by atoms with Crippen LogP contribution < -0.4 is 19.7 Å². The van der Waals surface area contributed by atoms with Gasteiger partial charge in [-0.15, -0.1) is 0 Å². The Balaban J connectivity index is 1.54. The summed E-state index contributed by atoms with van der Waals surface area (Å²) < 4.78 is 10.7. The molecular formula is C20H25N3O3. The van der Waals surface area contributed by atoms with Gasteiger partial charge in [0.2, 0.25) is 5.91 Å². The highest BCUT2D eigenvalue weighted by Gasteiger charge is 2.22. The number of nitrogens with zero attached hydrogens (tertiary/aromatic N) is 2. The fourth-order valence-corrected chi connectivity index (χ4v) is 3.16. The van der Waals surface area contributed by atoms with E-state index in [4.69, 9.17) is 9.47 Å². The fraction of sp³-hybridized carbons (Fsp3) is 0.350. The van der Waals surface area contributed by atoms with E-state index in [2.05, 4.69) is 16.3 Å². The van der Waals surface area contributed by atoms with Crippen LogP contribution in [0, 0.1) is 0 Å². The zero-order chi connectivity index (χ0) is 18.4. The van der Waals surface area contributed by atoms with Gasteiger partial charge < -0.3 is 24.6 Å². The number of carbonyl (C=O) groups excluding carboxylic acids is 1. The summed E-state index contributed by atoms with van der Waals surface area (Å²) >= 11 is 0. The Morgan fingerprint density at radius 2 is 1.54 bits per heavy atom. The van der Waals surface area contributed by atoms with Crippen LogP contribution in [-0.4, -0.2) is 57.8 Å². The van der Waals surface area contributed by atoms with Gasteiger partial charge in [-0.05, 0) is 24.3 Å². The third kappa shape index (κ3) is 4.02. The first-order valence-electron chi connectivity index (χ1n) is 8.75. The summed E-state index contributed by atoms with van der Waals surface area (Å²) in [4.78, 5) is 16.7. The maximum Gasteiger partial charge on any atom is 0.241 e. The quantitative estimate of drug-likeness (QED) is 0.863. The summed E-state index contributed by atoms with van der Waals surface area (Å²) in [6.45, 7) is 3.24. The molecule has 6 heteroatoms. The molecule has 2 aromatic carbocycles. The van der Waals surface area contributed by atoms with E-state index in [1.165, 1.54) is 0 Å². The highest BCUT2D eigenvalue weighted by Crippen LogP contribution is 2.28. The number of nitrogens with one attached hydrogen (secondary N) is 1. The van der Waals surface area contributed by atoms with E-state index in [-0.39, 0.29) is 12.5 Å². The number of anilines is 2. The summed E-state index contributed by atoms with van der Waals surface area (Å²) in [5.41, 5.74) is 1.91. The van der Waals surface area contributed by atoms with E-state index < -0.39 is 0 Å². The average Bonchev–Trinajstić information content (AvgIpc) is 2.72. The van der Waals surface area contributed by atoms with Gasteiger partial charge in [-0.1, -0.05) is 24.3 Å². The third-order valence-corrected chi connectivity index (χ3v) is 4.60. The number of methoxy groups -OCH3 is 2. The highest BCUT2D eigenvalue weighted by molar-refractivity contribution is 5.81. The highest BCUT2D eigenvalue weighted by atomic mass is 16.5. The van der Waals surface area contributed by atoms with Crippen LogP contribution in [0.5, 0.6) is 11.5 Å². The lowest BCUT2D eigenvalue weighted by Crippen LogP contribution is -2.50. The molecule has 6 nitrogen and oxygen atoms in total. The molecule has 1 fully saturated rings. The monoisotopic (exact) mass is 355 g/mol. The number of rotatable bonds is 6. The minimum Gasteiger partial charge on any atom is -0.495 e. The first kappa shape index (κ1) is 17.9. The molecule has 1 aliphatic heterocycles. The molecule has 1 heterocycles. The van der Waals surface area contributed by atoms with Crippen LogP contribution >= 0.6 is 0 Å². The smallest absolute Gasteiger partial charge is 0.241 e. The van der Waals surface area contributed by atoms with Gasteiger partial charge in [-0.3, -0.25) is 4.79 Å². The van der Waals surface area contributed by atoms with Crippen molar-refractivity contribution in [1.82, 2.24) is 4.90 Å². The maximum atomic E-state index is 12.5. The summed E-state index contributed by atoms with van der Waals surface area (Å²) in [7, 11) is 3.31. The number of carbonyl (C=O) groups is 1. The van der Waals surface area contributed by atoms with Gasteiger partial charge in [-0.2, -0.15) is 0 Å². The largest absolute Gasteiger partial charge is 0.495 e. The predicted molar refractivity (Wildman–Crippen MR) is 103 cm³/mol. The molecular weight excluding hydrogens is 330 g/mol. The Morgan fingerprint density at radius 3 is 2.23 bits per heavy atom. The van der Waals surface area contributed by atoms with E-state index in [0.29, 0.717) is 13.1 Å². The number of para-hydroxylation sites is 4. The van der Waals surface area contributed by atoms with Crippen LogP contribution in [0.4, 0.5) is 11.4 Å². The number of amides is 1. The average molecular weight is 355 g/mol. The van der Waals surface area contributed by atoms with Crippen LogP contribution in [0.1, 0.15) is 0 Å². The van der Waals surface area contributed by atoms with Gasteiger partial charge in [0, 0.05) is 26.2 Å². The second-order valence-corrected chi connectivity index (χ2v) is 6.09. The summed E-state index contributed by atoms with van der Waals surface area (Å²) in [5.74, 6) is 1.70. The van der Waals surface area contributed by atoms with Crippen molar-refractivity contribution in [2.45, 2.75) is 0 Å². The molecule has 3 rings (SSSR count). The van der Waals surface area contributed by atoms with Crippen LogP contribution in [0.25, 0.3) is 0 Å². The van der Waals surface area contributed by atoms with Gasteiger partial charge in [-0.25, -0.2) is 0 Å². The van der Waals surface area contributed by atoms with Crippen molar-refractivity contribution < 1.29 is 14.3 Å². The van der Waals surface area contributed by atoms with Crippen molar-refractivity contribution in [1.29, 1.82) is 0 Å². The molecule has 0 radical (unpaired) electrons. The number of hydrogen-bond donors (Lipinski definition) is 1. The lowest BCUT2D eigenvalue weighted by atomic mass is 10.2. The van der Waals surface area contributed by atoms with Gasteiger partial charge >= 0.3 is 0 Å². The first-order chi connectivity index (χ1) is 12.7. The molecule has 1 N–H and O–H groups in total. The van der Waals surface area contributed by atoms with Crippen LogP contribution in [0.15, 0.2) is 48.5 Å². The molecule has 1 saturated heterocycles. The Kier molecular flexibility index (Phi) is 5.84. The number of ether oxygens (including phenoxy) is 2. The second kappa shape index (κ2) is 8.47. The molecule has 2 aromatic rings. The molecule has 0 saturated carbocycles. The minimum absolute atomic E-state index is 0.0931. The summed E-state index contributed by atoms with van der Waals surface area (Å²) in [6, 6.07) is 15.6. The number of hydrogen-bond acceptors (Lipinski definition) is 5. The maximum absolute atomic E-state index is 12.5. The molecule has 0 aromatic heterocycles. The minimum atomic E-state index is 0.0931. The van der Waals surface area contributed by atoms with Crippen molar-refractivity contribution in [3.05, 3.63) is 48.5 Å². The van der Waals surface area contributed by atoms with Crippen LogP contribution in [0.3, 0.4) is 0 Å². The molecule has 0 bridgehead atoms. The van der Waals surface area contributed by atoms with E-state index in [1.807, 2.05) is 47.4 Å². The molecule has 1 amide bonds. The van der Waals surface area contributed by atoms with Crippen molar-refractivity contribution >= 4 is 17.3 Å². The Hall–Kier alpha value is -2.89. The molecule has 0 unspecified atom stereocenters. The molecule has 1 aliphatic rings. The molecule has 138 valence electrons. The molecule has 0 atom stereocenters. The lowest BCUT2D eigenvalue weighted by Gasteiger charge is -2.36. The van der Waals surface area contributed by atoms with Crippen LogP contribution in [-0.2, 0) is 4.79 Å². The zero-order valence-corrected chi connectivity index (χ0v) is 15.3. The topological polar surface area (TPSA) is 54.0 Å². The number of benzene rings is 2. The van der Waals surface area contributed by atoms with Crippen molar-refractivity contribution in [2.24, 2.45) is 0 Å². The van der Waals surface area contributed by atoms with Crippen molar-refractivity contribution in [3.63, 3.8) is 0 Å². The Morgan fingerprint density at radius 1 is 0.923 bits per heavy atom. The SMILES string of the molecule is COc1ccccc1NCC(=O)N1CCN(c2ccccc2OC)CC1. The van der Waals surface area contributed by atoms with E-state index in [1.54, 1.807) is 14.2 Å². The summed E-state index contributed by atoms with van der Waals surface area (Å²) in [5, 5.41) is 3.17. The molecule has 0 aliphatic carbocycles. The molecule has 26 heavy (non-hydrogen) atoms.